The van der Waals surface area contributed by atoms with Gasteiger partial charge in [0.25, 0.3) is 5.91 Å². The lowest BCUT2D eigenvalue weighted by Crippen LogP contribution is -2.55. The highest BCUT2D eigenvalue weighted by Gasteiger charge is 2.47. The Morgan fingerprint density at radius 3 is 2.22 bits per heavy atom. The van der Waals surface area contributed by atoms with E-state index in [1.807, 2.05) is 44.2 Å². The predicted octanol–water partition coefficient (Wildman–Crippen LogP) is 8.12. The first-order valence-electron chi connectivity index (χ1n) is 13.0. The first-order valence-corrected chi connectivity index (χ1v) is 14.6. The number of hydrogen-bond acceptors (Lipinski definition) is 5. The molecule has 9 heteroatoms. The average Bonchev–Trinajstić information content (AvgIpc) is 3.44. The minimum atomic E-state index is -0.731. The van der Waals surface area contributed by atoms with Gasteiger partial charge >= 0.3 is 5.97 Å². The van der Waals surface area contributed by atoms with Crippen molar-refractivity contribution in [3.05, 3.63) is 110 Å². The highest BCUT2D eigenvalue weighted by molar-refractivity contribution is 9.11. The Morgan fingerprint density at radius 1 is 0.927 bits per heavy atom. The number of carbonyl (C=O) groups excluding carboxylic acids is 3. The molecule has 1 aliphatic rings. The molecule has 2 heterocycles. The summed E-state index contributed by atoms with van der Waals surface area (Å²) in [5.41, 5.74) is 2.06. The van der Waals surface area contributed by atoms with Crippen molar-refractivity contribution in [2.45, 2.75) is 45.1 Å². The third-order valence-corrected chi connectivity index (χ3v) is 8.26. The number of fused-ring (bicyclic) bond motifs is 1. The fourth-order valence-electron chi connectivity index (χ4n) is 5.83. The molecule has 41 heavy (non-hydrogen) atoms. The molecule has 7 nitrogen and oxygen atoms in total. The van der Waals surface area contributed by atoms with Gasteiger partial charge in [-0.15, -0.1) is 0 Å². The van der Waals surface area contributed by atoms with E-state index in [0.29, 0.717) is 17.7 Å². The van der Waals surface area contributed by atoms with E-state index in [1.165, 1.54) is 19.3 Å². The highest BCUT2D eigenvalue weighted by Crippen LogP contribution is 2.53. The maximum atomic E-state index is 13.5. The largest absolute Gasteiger partial charge is 0.457 e. The third-order valence-electron chi connectivity index (χ3n) is 7.35. The maximum absolute atomic E-state index is 13.5. The number of benzene rings is 3. The van der Waals surface area contributed by atoms with Crippen molar-refractivity contribution in [1.29, 1.82) is 0 Å². The topological polar surface area (TPSA) is 88.8 Å². The molecular weight excluding hydrogens is 652 g/mol. The van der Waals surface area contributed by atoms with Gasteiger partial charge in [0.05, 0.1) is 17.6 Å². The third kappa shape index (κ3) is 5.61. The fraction of sp³-hybridized carbons (Fsp3) is 0.219. The number of furan rings is 1. The Hall–Kier alpha value is -3.69. The molecule has 0 bridgehead atoms. The lowest BCUT2D eigenvalue weighted by atomic mass is 9.65. The Balaban J connectivity index is 1.71. The van der Waals surface area contributed by atoms with Crippen LogP contribution in [0.4, 0.5) is 11.4 Å². The van der Waals surface area contributed by atoms with Gasteiger partial charge in [-0.1, -0.05) is 69.1 Å². The minimum absolute atomic E-state index is 0.00814. The monoisotopic (exact) mass is 678 g/mol. The number of carbonyl (C=O) groups is 3. The second-order valence-electron chi connectivity index (χ2n) is 10.9. The van der Waals surface area contributed by atoms with Crippen molar-refractivity contribution in [3.63, 3.8) is 0 Å². The molecule has 0 radical (unpaired) electrons. The van der Waals surface area contributed by atoms with Crippen LogP contribution in [0.5, 0.6) is 5.75 Å². The number of nitrogens with zero attached hydrogens (tertiary/aromatic N) is 1. The van der Waals surface area contributed by atoms with Crippen LogP contribution in [0.2, 0.25) is 0 Å². The van der Waals surface area contributed by atoms with Crippen molar-refractivity contribution in [1.82, 2.24) is 0 Å². The molecule has 0 aliphatic carbocycles. The van der Waals surface area contributed by atoms with Gasteiger partial charge in [0.2, 0.25) is 11.7 Å². The minimum Gasteiger partial charge on any atom is -0.457 e. The van der Waals surface area contributed by atoms with Crippen molar-refractivity contribution in [2.75, 3.05) is 10.2 Å². The standard InChI is InChI=1S/C32H28Br2N2O5/c1-19(37)36-26-17-28(41-30(39)27-11-8-12-40-27)25(35-29(38)20-13-22(33)15-23(34)14-20)16-24(26)32(4,18-31(36,2)3)21-9-6-5-7-10-21/h5-17H,18H2,1-4H3,(H,35,38). The van der Waals surface area contributed by atoms with Crippen LogP contribution in [0.15, 0.2) is 92.4 Å². The molecule has 0 fully saturated rings. The van der Waals surface area contributed by atoms with E-state index in [1.54, 1.807) is 29.2 Å². The van der Waals surface area contributed by atoms with Crippen LogP contribution < -0.4 is 15.0 Å². The van der Waals surface area contributed by atoms with Crippen molar-refractivity contribution in [3.8, 4) is 5.75 Å². The first kappa shape index (κ1) is 28.8. The Kier molecular flexibility index (Phi) is 7.70. The van der Waals surface area contributed by atoms with E-state index < -0.39 is 22.8 Å². The number of nitrogens with one attached hydrogen (secondary N) is 1. The molecule has 1 atom stereocenters. The van der Waals surface area contributed by atoms with Crippen molar-refractivity contribution < 1.29 is 23.5 Å². The molecule has 1 aromatic heterocycles. The summed E-state index contributed by atoms with van der Waals surface area (Å²) in [4.78, 5) is 41.3. The molecule has 4 aromatic rings. The molecular formula is C32H28Br2N2O5. The fourth-order valence-corrected chi connectivity index (χ4v) is 7.12. The summed E-state index contributed by atoms with van der Waals surface area (Å²) >= 11 is 6.86. The SMILES string of the molecule is CC(=O)N1c2cc(OC(=O)c3ccco3)c(NC(=O)c3cc(Br)cc(Br)c3)cc2C(C)(c2ccccc2)CC1(C)C. The van der Waals surface area contributed by atoms with Gasteiger partial charge in [0.15, 0.2) is 5.75 Å². The van der Waals surface area contributed by atoms with E-state index in [-0.39, 0.29) is 23.1 Å². The molecule has 2 amide bonds. The Labute approximate surface area is 255 Å². The van der Waals surface area contributed by atoms with Gasteiger partial charge in [-0.3, -0.25) is 9.59 Å². The van der Waals surface area contributed by atoms with Crippen LogP contribution in [0.25, 0.3) is 0 Å². The summed E-state index contributed by atoms with van der Waals surface area (Å²) in [5, 5.41) is 2.94. The normalized spacial score (nSPS) is 17.5. The molecule has 0 saturated carbocycles. The van der Waals surface area contributed by atoms with Crippen LogP contribution in [0.3, 0.4) is 0 Å². The van der Waals surface area contributed by atoms with E-state index >= 15 is 0 Å². The van der Waals surface area contributed by atoms with E-state index in [4.69, 9.17) is 9.15 Å². The summed E-state index contributed by atoms with van der Waals surface area (Å²) in [5.74, 6) is -1.18. The van der Waals surface area contributed by atoms with Gasteiger partial charge in [0, 0.05) is 38.5 Å². The molecule has 210 valence electrons. The zero-order valence-electron chi connectivity index (χ0n) is 23.0. The molecule has 1 unspecified atom stereocenters. The highest BCUT2D eigenvalue weighted by atomic mass is 79.9. The number of ether oxygens (including phenoxy) is 1. The number of halogens is 2. The summed E-state index contributed by atoms with van der Waals surface area (Å²) in [7, 11) is 0. The van der Waals surface area contributed by atoms with Gasteiger partial charge < -0.3 is 19.4 Å². The second kappa shape index (κ2) is 10.9. The number of anilines is 2. The molecule has 3 aromatic carbocycles. The average molecular weight is 680 g/mol. The quantitative estimate of drug-likeness (QED) is 0.170. The Morgan fingerprint density at radius 2 is 1.61 bits per heavy atom. The number of hydrogen-bond donors (Lipinski definition) is 1. The van der Waals surface area contributed by atoms with Crippen LogP contribution in [0, 0.1) is 0 Å². The van der Waals surface area contributed by atoms with Crippen LogP contribution >= 0.6 is 31.9 Å². The van der Waals surface area contributed by atoms with Gasteiger partial charge in [0.1, 0.15) is 0 Å². The van der Waals surface area contributed by atoms with Gasteiger partial charge in [-0.25, -0.2) is 4.79 Å². The molecule has 5 rings (SSSR count). The summed E-state index contributed by atoms with van der Waals surface area (Å²) < 4.78 is 12.5. The van der Waals surface area contributed by atoms with Crippen molar-refractivity contribution >= 4 is 61.0 Å². The smallest absolute Gasteiger partial charge is 0.379 e. The zero-order chi connectivity index (χ0) is 29.5. The summed E-state index contributed by atoms with van der Waals surface area (Å²) in [6, 6.07) is 21.8. The maximum Gasteiger partial charge on any atom is 0.379 e. The van der Waals surface area contributed by atoms with Gasteiger partial charge in [-0.2, -0.15) is 0 Å². The van der Waals surface area contributed by atoms with E-state index in [9.17, 15) is 14.4 Å². The first-order chi connectivity index (χ1) is 19.4. The molecule has 0 spiro atoms. The van der Waals surface area contributed by atoms with E-state index in [2.05, 4.69) is 56.2 Å². The van der Waals surface area contributed by atoms with E-state index in [0.717, 1.165) is 20.1 Å². The summed E-state index contributed by atoms with van der Waals surface area (Å²) in [6.07, 6.45) is 2.00. The molecule has 1 aliphatic heterocycles. The van der Waals surface area contributed by atoms with Crippen LogP contribution in [-0.4, -0.2) is 23.3 Å². The second-order valence-corrected chi connectivity index (χ2v) is 12.7. The van der Waals surface area contributed by atoms with Crippen LogP contribution in [-0.2, 0) is 10.2 Å². The summed E-state index contributed by atoms with van der Waals surface area (Å²) in [6.45, 7) is 7.69. The molecule has 0 saturated heterocycles. The lowest BCUT2D eigenvalue weighted by Gasteiger charge is -2.51. The Bertz CT molecular complexity index is 1630. The van der Waals surface area contributed by atoms with Gasteiger partial charge in [-0.05, 0) is 67.8 Å². The predicted molar refractivity (Wildman–Crippen MR) is 165 cm³/mol. The number of rotatable bonds is 5. The number of esters is 1. The number of amides is 2. The van der Waals surface area contributed by atoms with Crippen molar-refractivity contribution in [2.24, 2.45) is 0 Å². The lowest BCUT2D eigenvalue weighted by molar-refractivity contribution is -0.117. The molecule has 1 N–H and O–H groups in total. The zero-order valence-corrected chi connectivity index (χ0v) is 26.1. The van der Waals surface area contributed by atoms with Crippen LogP contribution in [0.1, 0.15) is 66.2 Å².